The number of sulfonamides is 1. The van der Waals surface area contributed by atoms with Gasteiger partial charge in [-0.3, -0.25) is 9.69 Å². The van der Waals surface area contributed by atoms with Crippen LogP contribution in [0.15, 0.2) is 47.4 Å². The number of thiazole rings is 1. The molecule has 0 spiro atoms. The van der Waals surface area contributed by atoms with Gasteiger partial charge in [0, 0.05) is 31.7 Å². The number of amides is 1. The van der Waals surface area contributed by atoms with Gasteiger partial charge in [0.2, 0.25) is 10.0 Å². The Balaban J connectivity index is 0.00000361. The third kappa shape index (κ3) is 6.20. The van der Waals surface area contributed by atoms with Crippen molar-refractivity contribution in [3.63, 3.8) is 0 Å². The molecule has 0 N–H and O–H groups in total. The molecule has 36 heavy (non-hydrogen) atoms. The van der Waals surface area contributed by atoms with Crippen molar-refractivity contribution in [1.82, 2.24) is 14.2 Å². The predicted octanol–water partition coefficient (Wildman–Crippen LogP) is 5.53. The van der Waals surface area contributed by atoms with Crippen LogP contribution in [0.2, 0.25) is 5.02 Å². The van der Waals surface area contributed by atoms with Crippen molar-refractivity contribution in [3.05, 3.63) is 53.1 Å². The van der Waals surface area contributed by atoms with E-state index in [2.05, 4.69) is 23.7 Å². The van der Waals surface area contributed by atoms with Crippen LogP contribution >= 0.6 is 35.3 Å². The Hall–Kier alpha value is -1.75. The van der Waals surface area contributed by atoms with Gasteiger partial charge in [-0.25, -0.2) is 13.4 Å². The first kappa shape index (κ1) is 28.8. The highest BCUT2D eigenvalue weighted by Gasteiger charge is 2.27. The molecule has 0 radical (unpaired) electrons. The highest BCUT2D eigenvalue weighted by molar-refractivity contribution is 7.89. The maximum absolute atomic E-state index is 13.6. The summed E-state index contributed by atoms with van der Waals surface area (Å²) >= 11 is 7.76. The molecule has 1 amide bonds. The van der Waals surface area contributed by atoms with E-state index in [1.54, 1.807) is 23.1 Å². The van der Waals surface area contributed by atoms with Gasteiger partial charge in [-0.05, 0) is 62.3 Å². The average Bonchev–Trinajstić information content (AvgIpc) is 3.32. The number of carbonyl (C=O) groups excluding carboxylic acids is 1. The first-order chi connectivity index (χ1) is 16.8. The molecule has 3 aromatic rings. The van der Waals surface area contributed by atoms with Crippen molar-refractivity contribution in [2.24, 2.45) is 0 Å². The number of piperidine rings is 1. The van der Waals surface area contributed by atoms with Crippen LogP contribution in [-0.2, 0) is 10.0 Å². The quantitative estimate of drug-likeness (QED) is 0.338. The molecule has 196 valence electrons. The number of aromatic nitrogens is 1. The molecular weight excluding hydrogens is 539 g/mol. The summed E-state index contributed by atoms with van der Waals surface area (Å²) in [6.07, 6.45) is 2.81. The molecule has 2 aromatic carbocycles. The third-order valence-corrected chi connectivity index (χ3v) is 9.68. The molecule has 7 nitrogen and oxygen atoms in total. The smallest absolute Gasteiger partial charge is 0.260 e. The fourth-order valence-corrected chi connectivity index (χ4v) is 7.07. The van der Waals surface area contributed by atoms with Crippen molar-refractivity contribution in [1.29, 1.82) is 0 Å². The Morgan fingerprint density at radius 2 is 1.69 bits per heavy atom. The first-order valence-corrected chi connectivity index (χ1v) is 14.7. The maximum atomic E-state index is 13.6. The van der Waals surface area contributed by atoms with Gasteiger partial charge in [0.25, 0.3) is 5.91 Å². The molecule has 4 rings (SSSR count). The Morgan fingerprint density at radius 1 is 1.03 bits per heavy atom. The lowest BCUT2D eigenvalue weighted by Crippen LogP contribution is -2.39. The first-order valence-electron chi connectivity index (χ1n) is 12.0. The minimum Gasteiger partial charge on any atom is -0.302 e. The van der Waals surface area contributed by atoms with Gasteiger partial charge in [-0.1, -0.05) is 49.3 Å². The molecule has 0 bridgehead atoms. The van der Waals surface area contributed by atoms with Crippen LogP contribution in [0, 0.1) is 0 Å². The number of hydrogen-bond donors (Lipinski definition) is 0. The van der Waals surface area contributed by atoms with E-state index >= 15 is 0 Å². The molecule has 0 unspecified atom stereocenters. The second-order valence-electron chi connectivity index (χ2n) is 8.56. The summed E-state index contributed by atoms with van der Waals surface area (Å²) in [5, 5.41) is 1.13. The largest absolute Gasteiger partial charge is 0.302 e. The Labute approximate surface area is 228 Å². The molecule has 1 saturated heterocycles. The number of anilines is 1. The molecule has 0 aliphatic carbocycles. The van der Waals surface area contributed by atoms with Gasteiger partial charge < -0.3 is 4.90 Å². The van der Waals surface area contributed by atoms with E-state index in [9.17, 15) is 13.2 Å². The fourth-order valence-electron chi connectivity index (χ4n) is 4.26. The van der Waals surface area contributed by atoms with Gasteiger partial charge in [-0.15, -0.1) is 12.4 Å². The van der Waals surface area contributed by atoms with Crippen LogP contribution in [0.5, 0.6) is 0 Å². The second kappa shape index (κ2) is 12.7. The van der Waals surface area contributed by atoms with Crippen LogP contribution in [0.25, 0.3) is 10.2 Å². The summed E-state index contributed by atoms with van der Waals surface area (Å²) < 4.78 is 28.5. The van der Waals surface area contributed by atoms with Crippen molar-refractivity contribution < 1.29 is 13.2 Å². The van der Waals surface area contributed by atoms with E-state index in [1.165, 1.54) is 27.8 Å². The number of likely N-dealkylation sites (N-methyl/N-ethyl adjacent to an activating group) is 1. The van der Waals surface area contributed by atoms with Crippen molar-refractivity contribution in [3.8, 4) is 0 Å². The van der Waals surface area contributed by atoms with Crippen LogP contribution in [0.4, 0.5) is 5.13 Å². The van der Waals surface area contributed by atoms with Crippen LogP contribution < -0.4 is 4.90 Å². The second-order valence-corrected chi connectivity index (χ2v) is 11.9. The maximum Gasteiger partial charge on any atom is 0.260 e. The molecule has 0 saturated carbocycles. The zero-order valence-corrected chi connectivity index (χ0v) is 23.7. The lowest BCUT2D eigenvalue weighted by molar-refractivity contribution is 0.0983. The van der Waals surface area contributed by atoms with E-state index in [4.69, 9.17) is 11.6 Å². The minimum atomic E-state index is -3.55. The summed E-state index contributed by atoms with van der Waals surface area (Å²) in [6, 6.07) is 11.9. The summed E-state index contributed by atoms with van der Waals surface area (Å²) in [4.78, 5) is 22.5. The lowest BCUT2D eigenvalue weighted by Gasteiger charge is -2.26. The topological polar surface area (TPSA) is 73.8 Å². The SMILES string of the molecule is CCN(CC)CCN(C(=O)c1ccc(S(=O)(=O)N2CCCCC2)cc1)c1nc2c(Cl)cccc2s1.Cl. The molecule has 1 aliphatic rings. The van der Waals surface area contributed by atoms with Crippen LogP contribution in [-0.4, -0.2) is 67.8 Å². The molecule has 2 heterocycles. The molecule has 11 heteroatoms. The Kier molecular flexibility index (Phi) is 10.1. The average molecular weight is 572 g/mol. The predicted molar refractivity (Wildman–Crippen MR) is 150 cm³/mol. The highest BCUT2D eigenvalue weighted by Crippen LogP contribution is 2.33. The van der Waals surface area contributed by atoms with Gasteiger partial charge >= 0.3 is 0 Å². The van der Waals surface area contributed by atoms with Crippen LogP contribution in [0.1, 0.15) is 43.5 Å². The van der Waals surface area contributed by atoms with Crippen LogP contribution in [0.3, 0.4) is 0 Å². The lowest BCUT2D eigenvalue weighted by atomic mass is 10.2. The number of fused-ring (bicyclic) bond motifs is 1. The van der Waals surface area contributed by atoms with Crippen molar-refractivity contribution in [2.45, 2.75) is 38.0 Å². The van der Waals surface area contributed by atoms with Gasteiger partial charge in [0.1, 0.15) is 5.52 Å². The van der Waals surface area contributed by atoms with Gasteiger partial charge in [0.05, 0.1) is 14.6 Å². The minimum absolute atomic E-state index is 0. The van der Waals surface area contributed by atoms with Crippen molar-refractivity contribution in [2.75, 3.05) is 44.2 Å². The fraction of sp³-hybridized carbons (Fsp3) is 0.440. The summed E-state index contributed by atoms with van der Waals surface area (Å²) in [7, 11) is -3.55. The number of halogens is 2. The van der Waals surface area contributed by atoms with E-state index < -0.39 is 10.0 Å². The number of hydrogen-bond acceptors (Lipinski definition) is 6. The standard InChI is InChI=1S/C25H31ClN4O3S2.ClH/c1-3-28(4-2)17-18-30(25-27-23-21(26)9-8-10-22(23)34-25)24(31)19-11-13-20(14-12-19)35(32,33)29-15-6-5-7-16-29;/h8-14H,3-7,15-18H2,1-2H3;1H. The molecular formula is C25H32Cl2N4O3S2. The zero-order chi connectivity index (χ0) is 25.0. The summed E-state index contributed by atoms with van der Waals surface area (Å²) in [6.45, 7) is 8.20. The molecule has 0 atom stereocenters. The number of para-hydroxylation sites is 1. The highest BCUT2D eigenvalue weighted by atomic mass is 35.5. The summed E-state index contributed by atoms with van der Waals surface area (Å²) in [5.41, 5.74) is 1.10. The molecule has 1 aromatic heterocycles. The number of carbonyl (C=O) groups is 1. The normalized spacial score (nSPS) is 14.7. The Bertz CT molecular complexity index is 1270. The molecule has 1 fully saturated rings. The third-order valence-electron chi connectivity index (χ3n) is 6.42. The van der Waals surface area contributed by atoms with Crippen molar-refractivity contribution >= 4 is 66.6 Å². The van der Waals surface area contributed by atoms with E-state index in [-0.39, 0.29) is 23.2 Å². The monoisotopic (exact) mass is 570 g/mol. The van der Waals surface area contributed by atoms with E-state index in [0.29, 0.717) is 47.4 Å². The summed E-state index contributed by atoms with van der Waals surface area (Å²) in [5.74, 6) is -0.214. The Morgan fingerprint density at radius 3 is 2.31 bits per heavy atom. The number of benzene rings is 2. The number of rotatable bonds is 9. The van der Waals surface area contributed by atoms with E-state index in [1.807, 2.05) is 12.1 Å². The number of nitrogens with zero attached hydrogens (tertiary/aromatic N) is 4. The zero-order valence-electron chi connectivity index (χ0n) is 20.5. The molecule has 1 aliphatic heterocycles. The van der Waals surface area contributed by atoms with Gasteiger partial charge in [0.15, 0.2) is 5.13 Å². The van der Waals surface area contributed by atoms with E-state index in [0.717, 1.165) is 37.1 Å². The van der Waals surface area contributed by atoms with Gasteiger partial charge in [-0.2, -0.15) is 4.31 Å².